The Morgan fingerprint density at radius 1 is 1.22 bits per heavy atom. The fourth-order valence-electron chi connectivity index (χ4n) is 1.42. The Hall–Kier alpha value is -0.850. The van der Waals surface area contributed by atoms with Crippen LogP contribution in [-0.4, -0.2) is 62.5 Å². The summed E-state index contributed by atoms with van der Waals surface area (Å²) in [5.41, 5.74) is 5.46. The Morgan fingerprint density at radius 2 is 1.94 bits per heavy atom. The highest BCUT2D eigenvalue weighted by Crippen LogP contribution is 1.94. The smallest absolute Gasteiger partial charge is 0.140 e. The summed E-state index contributed by atoms with van der Waals surface area (Å²) in [4.78, 5) is 2.19. The first-order valence-electron chi connectivity index (χ1n) is 6.50. The highest BCUT2D eigenvalue weighted by Gasteiger charge is 2.06. The maximum absolute atomic E-state index is 8.49. The SMILES string of the molecule is CCCCOCCN(CCOC)CCC(N)=NO. The molecule has 0 aromatic rings. The van der Waals surface area contributed by atoms with Crippen molar-refractivity contribution < 1.29 is 14.7 Å². The summed E-state index contributed by atoms with van der Waals surface area (Å²) in [5.74, 6) is 0.254. The van der Waals surface area contributed by atoms with Gasteiger partial charge in [-0.15, -0.1) is 0 Å². The summed E-state index contributed by atoms with van der Waals surface area (Å²) in [6, 6.07) is 0. The van der Waals surface area contributed by atoms with E-state index in [-0.39, 0.29) is 5.84 Å². The topological polar surface area (TPSA) is 80.3 Å². The standard InChI is InChI=1S/C12H27N3O3/c1-3-4-9-18-11-8-15(7-10-17-2)6-5-12(13)14-16/h16H,3-11H2,1-2H3,(H2,13,14). The van der Waals surface area contributed by atoms with Crippen molar-refractivity contribution in [1.82, 2.24) is 4.90 Å². The van der Waals surface area contributed by atoms with E-state index in [9.17, 15) is 0 Å². The first-order valence-corrected chi connectivity index (χ1v) is 6.50. The zero-order chi connectivity index (χ0) is 13.6. The van der Waals surface area contributed by atoms with E-state index >= 15 is 0 Å². The van der Waals surface area contributed by atoms with Crippen LogP contribution in [0.15, 0.2) is 5.16 Å². The second kappa shape index (κ2) is 12.6. The molecule has 0 unspecified atom stereocenters. The van der Waals surface area contributed by atoms with Gasteiger partial charge < -0.3 is 20.4 Å². The fraction of sp³-hybridized carbons (Fsp3) is 0.917. The number of hydrogen-bond donors (Lipinski definition) is 2. The third kappa shape index (κ3) is 10.3. The van der Waals surface area contributed by atoms with Crippen LogP contribution in [-0.2, 0) is 9.47 Å². The van der Waals surface area contributed by atoms with Gasteiger partial charge in [0.25, 0.3) is 0 Å². The number of unbranched alkanes of at least 4 members (excludes halogenated alkanes) is 1. The van der Waals surface area contributed by atoms with E-state index in [0.29, 0.717) is 19.6 Å². The van der Waals surface area contributed by atoms with Crippen LogP contribution in [0.3, 0.4) is 0 Å². The lowest BCUT2D eigenvalue weighted by Crippen LogP contribution is -2.34. The number of oxime groups is 1. The molecule has 0 aliphatic rings. The molecule has 0 heterocycles. The number of rotatable bonds is 12. The van der Waals surface area contributed by atoms with Crippen molar-refractivity contribution in [2.24, 2.45) is 10.9 Å². The first kappa shape index (κ1) is 17.2. The maximum atomic E-state index is 8.49. The van der Waals surface area contributed by atoms with E-state index in [2.05, 4.69) is 17.0 Å². The molecule has 3 N–H and O–H groups in total. The molecule has 0 aromatic carbocycles. The van der Waals surface area contributed by atoms with E-state index in [1.165, 1.54) is 0 Å². The van der Waals surface area contributed by atoms with Gasteiger partial charge in [-0.05, 0) is 6.42 Å². The molecule has 0 rings (SSSR count). The number of hydrogen-bond acceptors (Lipinski definition) is 5. The van der Waals surface area contributed by atoms with Crippen LogP contribution >= 0.6 is 0 Å². The van der Waals surface area contributed by atoms with E-state index in [1.54, 1.807) is 7.11 Å². The maximum Gasteiger partial charge on any atom is 0.140 e. The molecule has 0 radical (unpaired) electrons. The van der Waals surface area contributed by atoms with Crippen LogP contribution in [0.4, 0.5) is 0 Å². The van der Waals surface area contributed by atoms with Crippen molar-refractivity contribution >= 4 is 5.84 Å². The highest BCUT2D eigenvalue weighted by molar-refractivity contribution is 5.79. The Balaban J connectivity index is 3.76. The number of methoxy groups -OCH3 is 1. The lowest BCUT2D eigenvalue weighted by Gasteiger charge is -2.21. The molecule has 0 aromatic heterocycles. The third-order valence-corrected chi connectivity index (χ3v) is 2.62. The highest BCUT2D eigenvalue weighted by atomic mass is 16.5. The van der Waals surface area contributed by atoms with Crippen molar-refractivity contribution in [2.75, 3.05) is 46.6 Å². The molecule has 0 bridgehead atoms. The fourth-order valence-corrected chi connectivity index (χ4v) is 1.42. The first-order chi connectivity index (χ1) is 8.74. The molecule has 0 atom stereocenters. The van der Waals surface area contributed by atoms with Crippen LogP contribution in [0.2, 0.25) is 0 Å². The molecule has 0 aliphatic carbocycles. The average molecular weight is 261 g/mol. The number of ether oxygens (including phenoxy) is 2. The average Bonchev–Trinajstić information content (AvgIpc) is 2.40. The van der Waals surface area contributed by atoms with Crippen molar-refractivity contribution in [3.63, 3.8) is 0 Å². The number of nitrogens with zero attached hydrogens (tertiary/aromatic N) is 2. The minimum atomic E-state index is 0.254. The Labute approximate surface area is 110 Å². The van der Waals surface area contributed by atoms with Gasteiger partial charge in [0.05, 0.1) is 13.2 Å². The summed E-state index contributed by atoms with van der Waals surface area (Å²) >= 11 is 0. The molecule has 0 spiro atoms. The summed E-state index contributed by atoms with van der Waals surface area (Å²) < 4.78 is 10.6. The van der Waals surface area contributed by atoms with E-state index in [1.807, 2.05) is 0 Å². The minimum absolute atomic E-state index is 0.254. The number of amidine groups is 1. The normalized spacial score (nSPS) is 12.3. The molecule has 18 heavy (non-hydrogen) atoms. The van der Waals surface area contributed by atoms with Crippen molar-refractivity contribution in [3.05, 3.63) is 0 Å². The van der Waals surface area contributed by atoms with Crippen LogP contribution in [0.25, 0.3) is 0 Å². The van der Waals surface area contributed by atoms with Crippen molar-refractivity contribution in [3.8, 4) is 0 Å². The zero-order valence-corrected chi connectivity index (χ0v) is 11.6. The van der Waals surface area contributed by atoms with Crippen LogP contribution in [0.1, 0.15) is 26.2 Å². The van der Waals surface area contributed by atoms with Gasteiger partial charge in [0.1, 0.15) is 5.84 Å². The van der Waals surface area contributed by atoms with Gasteiger partial charge in [0, 0.05) is 39.8 Å². The molecule has 108 valence electrons. The number of nitrogens with two attached hydrogens (primary N) is 1. The van der Waals surface area contributed by atoms with Gasteiger partial charge >= 0.3 is 0 Å². The molecule has 0 amide bonds. The van der Waals surface area contributed by atoms with Crippen molar-refractivity contribution in [2.45, 2.75) is 26.2 Å². The van der Waals surface area contributed by atoms with Gasteiger partial charge in [-0.1, -0.05) is 18.5 Å². The Bertz CT molecular complexity index is 213. The lowest BCUT2D eigenvalue weighted by molar-refractivity contribution is 0.0878. The summed E-state index contributed by atoms with van der Waals surface area (Å²) in [6.07, 6.45) is 2.80. The van der Waals surface area contributed by atoms with Crippen molar-refractivity contribution in [1.29, 1.82) is 0 Å². The largest absolute Gasteiger partial charge is 0.409 e. The molecule has 6 heteroatoms. The third-order valence-electron chi connectivity index (χ3n) is 2.62. The Morgan fingerprint density at radius 3 is 2.56 bits per heavy atom. The summed E-state index contributed by atoms with van der Waals surface area (Å²) in [6.45, 7) is 6.75. The van der Waals surface area contributed by atoms with Gasteiger partial charge in [0.15, 0.2) is 0 Å². The molecular formula is C12H27N3O3. The van der Waals surface area contributed by atoms with Crippen LogP contribution in [0.5, 0.6) is 0 Å². The van der Waals surface area contributed by atoms with Crippen LogP contribution < -0.4 is 5.73 Å². The van der Waals surface area contributed by atoms with Gasteiger partial charge in [-0.3, -0.25) is 4.90 Å². The Kier molecular flexibility index (Phi) is 12.0. The predicted octanol–water partition coefficient (Wildman–Crippen LogP) is 0.888. The molecule has 0 fully saturated rings. The molecule has 0 aliphatic heterocycles. The van der Waals surface area contributed by atoms with Gasteiger partial charge in [-0.25, -0.2) is 0 Å². The second-order valence-corrected chi connectivity index (χ2v) is 4.14. The monoisotopic (exact) mass is 261 g/mol. The summed E-state index contributed by atoms with van der Waals surface area (Å²) in [7, 11) is 1.68. The van der Waals surface area contributed by atoms with Gasteiger partial charge in [0.2, 0.25) is 0 Å². The predicted molar refractivity (Wildman–Crippen MR) is 72.1 cm³/mol. The molecule has 6 nitrogen and oxygen atoms in total. The van der Waals surface area contributed by atoms with E-state index in [4.69, 9.17) is 20.4 Å². The van der Waals surface area contributed by atoms with E-state index < -0.39 is 0 Å². The van der Waals surface area contributed by atoms with E-state index in [0.717, 1.165) is 39.1 Å². The second-order valence-electron chi connectivity index (χ2n) is 4.14. The lowest BCUT2D eigenvalue weighted by atomic mass is 10.3. The molecule has 0 saturated carbocycles. The molecular weight excluding hydrogens is 234 g/mol. The van der Waals surface area contributed by atoms with Gasteiger partial charge in [-0.2, -0.15) is 0 Å². The quantitative estimate of drug-likeness (QED) is 0.179. The van der Waals surface area contributed by atoms with Crippen LogP contribution in [0, 0.1) is 0 Å². The zero-order valence-electron chi connectivity index (χ0n) is 11.6. The summed E-state index contributed by atoms with van der Waals surface area (Å²) in [5, 5.41) is 11.5. The molecule has 0 saturated heterocycles. The minimum Gasteiger partial charge on any atom is -0.409 e.